The monoisotopic (exact) mass is 336 g/mol. The highest BCUT2D eigenvalue weighted by Gasteiger charge is 2.34. The third kappa shape index (κ3) is 5.39. The number of nitrogens with zero attached hydrogens (tertiary/aromatic N) is 1. The molecule has 0 aromatic rings. The molecule has 2 aliphatic heterocycles. The highest BCUT2D eigenvalue weighted by Crippen LogP contribution is 2.25. The number of thioether (sulfide) groups is 1. The second kappa shape index (κ2) is 8.15. The van der Waals surface area contributed by atoms with Crippen LogP contribution in [0, 0.1) is 0 Å². The minimum atomic E-state index is -3.01. The first-order chi connectivity index (χ1) is 10.0. The Bertz CT molecular complexity index is 416. The summed E-state index contributed by atoms with van der Waals surface area (Å²) in [5.41, 5.74) is 0. The van der Waals surface area contributed by atoms with E-state index in [4.69, 9.17) is 4.74 Å². The molecular formula is C14H28N2O3S2. The predicted octanol–water partition coefficient (Wildman–Crippen LogP) is 0.953. The Morgan fingerprint density at radius 1 is 1.33 bits per heavy atom. The van der Waals surface area contributed by atoms with E-state index in [0.29, 0.717) is 5.75 Å². The van der Waals surface area contributed by atoms with E-state index in [1.807, 2.05) is 0 Å². The molecule has 21 heavy (non-hydrogen) atoms. The van der Waals surface area contributed by atoms with Gasteiger partial charge in [-0.2, -0.15) is 11.8 Å². The molecule has 2 heterocycles. The summed E-state index contributed by atoms with van der Waals surface area (Å²) in [6.07, 6.45) is 5.08. The van der Waals surface area contributed by atoms with E-state index in [0.717, 1.165) is 51.2 Å². The van der Waals surface area contributed by atoms with Gasteiger partial charge < -0.3 is 10.1 Å². The van der Waals surface area contributed by atoms with E-state index in [9.17, 15) is 8.42 Å². The second-order valence-corrected chi connectivity index (χ2v) is 9.37. The molecule has 0 amide bonds. The standard InChI is InChI=1S/C14H28N2O3S2/c1-3-6-15-9-12-4-5-13(19-12)10-16-7-8-20-11-14(16)21(2,17)18/h12-15H,3-11H2,1-2H3. The van der Waals surface area contributed by atoms with Gasteiger partial charge in [-0.25, -0.2) is 8.42 Å². The van der Waals surface area contributed by atoms with Gasteiger partial charge in [-0.3, -0.25) is 4.90 Å². The molecule has 1 N–H and O–H groups in total. The molecule has 2 fully saturated rings. The zero-order valence-corrected chi connectivity index (χ0v) is 14.7. The zero-order chi connectivity index (χ0) is 15.3. The zero-order valence-electron chi connectivity index (χ0n) is 13.1. The van der Waals surface area contributed by atoms with E-state index < -0.39 is 9.84 Å². The maximum Gasteiger partial charge on any atom is 0.164 e. The molecule has 0 aromatic carbocycles. The summed E-state index contributed by atoms with van der Waals surface area (Å²) in [7, 11) is -3.01. The topological polar surface area (TPSA) is 58.6 Å². The minimum Gasteiger partial charge on any atom is -0.372 e. The average molecular weight is 337 g/mol. The fourth-order valence-electron chi connectivity index (χ4n) is 2.98. The van der Waals surface area contributed by atoms with Crippen molar-refractivity contribution in [1.82, 2.24) is 10.2 Å². The number of sulfone groups is 1. The van der Waals surface area contributed by atoms with Crippen LogP contribution in [-0.2, 0) is 14.6 Å². The second-order valence-electron chi connectivity index (χ2n) is 6.02. The van der Waals surface area contributed by atoms with Crippen LogP contribution in [0.1, 0.15) is 26.2 Å². The van der Waals surface area contributed by atoms with Crippen LogP contribution >= 0.6 is 11.8 Å². The summed E-state index contributed by atoms with van der Waals surface area (Å²) >= 11 is 1.73. The van der Waals surface area contributed by atoms with Gasteiger partial charge in [-0.1, -0.05) is 6.92 Å². The fourth-order valence-corrected chi connectivity index (χ4v) is 5.94. The summed E-state index contributed by atoms with van der Waals surface area (Å²) in [5.74, 6) is 1.70. The van der Waals surface area contributed by atoms with Crippen molar-refractivity contribution < 1.29 is 13.2 Å². The highest BCUT2D eigenvalue weighted by molar-refractivity contribution is 8.00. The van der Waals surface area contributed by atoms with Crippen molar-refractivity contribution in [2.45, 2.75) is 43.8 Å². The number of nitrogens with one attached hydrogen (secondary N) is 1. The summed E-state index contributed by atoms with van der Waals surface area (Å²) in [6, 6.07) is 0. The van der Waals surface area contributed by atoms with Gasteiger partial charge >= 0.3 is 0 Å². The largest absolute Gasteiger partial charge is 0.372 e. The quantitative estimate of drug-likeness (QED) is 0.699. The molecule has 5 nitrogen and oxygen atoms in total. The molecule has 0 aromatic heterocycles. The highest BCUT2D eigenvalue weighted by atomic mass is 32.2. The maximum atomic E-state index is 11.9. The van der Waals surface area contributed by atoms with Gasteiger partial charge in [-0.15, -0.1) is 0 Å². The van der Waals surface area contributed by atoms with E-state index >= 15 is 0 Å². The normalized spacial score (nSPS) is 31.6. The first-order valence-electron chi connectivity index (χ1n) is 7.87. The smallest absolute Gasteiger partial charge is 0.164 e. The van der Waals surface area contributed by atoms with E-state index in [2.05, 4.69) is 17.1 Å². The van der Waals surface area contributed by atoms with Crippen LogP contribution in [0.5, 0.6) is 0 Å². The Morgan fingerprint density at radius 3 is 2.81 bits per heavy atom. The Kier molecular flexibility index (Phi) is 6.80. The number of rotatable bonds is 7. The van der Waals surface area contributed by atoms with Gasteiger partial charge in [0.15, 0.2) is 9.84 Å². The number of hydrogen-bond acceptors (Lipinski definition) is 6. The lowest BCUT2D eigenvalue weighted by atomic mass is 10.2. The molecule has 2 saturated heterocycles. The van der Waals surface area contributed by atoms with Crippen LogP contribution in [0.15, 0.2) is 0 Å². The van der Waals surface area contributed by atoms with Gasteiger partial charge in [0, 0.05) is 37.4 Å². The summed E-state index contributed by atoms with van der Waals surface area (Å²) in [6.45, 7) is 5.70. The predicted molar refractivity (Wildman–Crippen MR) is 88.6 cm³/mol. The van der Waals surface area contributed by atoms with Crippen LogP contribution < -0.4 is 5.32 Å². The van der Waals surface area contributed by atoms with Gasteiger partial charge in [-0.05, 0) is 25.8 Å². The minimum absolute atomic E-state index is 0.186. The lowest BCUT2D eigenvalue weighted by Gasteiger charge is -2.35. The molecular weight excluding hydrogens is 308 g/mol. The molecule has 0 spiro atoms. The van der Waals surface area contributed by atoms with Crippen LogP contribution in [0.3, 0.4) is 0 Å². The lowest BCUT2D eigenvalue weighted by Crippen LogP contribution is -2.49. The molecule has 2 rings (SSSR count). The van der Waals surface area contributed by atoms with Crippen molar-refractivity contribution in [2.75, 3.05) is 43.9 Å². The third-order valence-electron chi connectivity index (χ3n) is 4.12. The van der Waals surface area contributed by atoms with Crippen molar-refractivity contribution in [3.05, 3.63) is 0 Å². The van der Waals surface area contributed by atoms with Crippen molar-refractivity contribution in [2.24, 2.45) is 0 Å². The van der Waals surface area contributed by atoms with E-state index in [1.54, 1.807) is 11.8 Å². The molecule has 0 aliphatic carbocycles. The number of hydrogen-bond donors (Lipinski definition) is 1. The summed E-state index contributed by atoms with van der Waals surface area (Å²) < 4.78 is 29.9. The van der Waals surface area contributed by atoms with Gasteiger partial charge in [0.1, 0.15) is 5.37 Å². The average Bonchev–Trinajstić information content (AvgIpc) is 2.86. The van der Waals surface area contributed by atoms with E-state index in [1.165, 1.54) is 6.26 Å². The molecule has 124 valence electrons. The maximum absolute atomic E-state index is 11.9. The van der Waals surface area contributed by atoms with Crippen LogP contribution in [0.25, 0.3) is 0 Å². The lowest BCUT2D eigenvalue weighted by molar-refractivity contribution is 0.0227. The van der Waals surface area contributed by atoms with Crippen molar-refractivity contribution in [1.29, 1.82) is 0 Å². The molecule has 0 saturated carbocycles. The van der Waals surface area contributed by atoms with Crippen LogP contribution in [-0.4, -0.2) is 74.8 Å². The molecule has 7 heteroatoms. The van der Waals surface area contributed by atoms with Gasteiger partial charge in [0.25, 0.3) is 0 Å². The van der Waals surface area contributed by atoms with Crippen molar-refractivity contribution >= 4 is 21.6 Å². The first-order valence-corrected chi connectivity index (χ1v) is 11.0. The molecule has 3 unspecified atom stereocenters. The Balaban J connectivity index is 1.81. The van der Waals surface area contributed by atoms with Crippen molar-refractivity contribution in [3.8, 4) is 0 Å². The fraction of sp³-hybridized carbons (Fsp3) is 1.00. The SMILES string of the molecule is CCCNCC1CCC(CN2CCSCC2S(C)(=O)=O)O1. The molecule has 2 aliphatic rings. The van der Waals surface area contributed by atoms with Crippen LogP contribution in [0.2, 0.25) is 0 Å². The summed E-state index contributed by atoms with van der Waals surface area (Å²) in [4.78, 5) is 2.11. The van der Waals surface area contributed by atoms with Gasteiger partial charge in [0.2, 0.25) is 0 Å². The third-order valence-corrected chi connectivity index (χ3v) is 6.80. The summed E-state index contributed by atoms with van der Waals surface area (Å²) in [5, 5.41) is 3.06. The Labute approximate surface area is 133 Å². The molecule has 0 bridgehead atoms. The molecule has 3 atom stereocenters. The van der Waals surface area contributed by atoms with Crippen LogP contribution in [0.4, 0.5) is 0 Å². The molecule has 0 radical (unpaired) electrons. The van der Waals surface area contributed by atoms with E-state index in [-0.39, 0.29) is 17.6 Å². The van der Waals surface area contributed by atoms with Crippen molar-refractivity contribution in [3.63, 3.8) is 0 Å². The Morgan fingerprint density at radius 2 is 2.10 bits per heavy atom. The number of ether oxygens (including phenoxy) is 1. The van der Waals surface area contributed by atoms with Gasteiger partial charge in [0.05, 0.1) is 12.2 Å². The Hall–Kier alpha value is 0.180. The first kappa shape index (κ1) is 17.5.